The van der Waals surface area contributed by atoms with Crippen molar-refractivity contribution < 1.29 is 23.9 Å². The van der Waals surface area contributed by atoms with Crippen LogP contribution in [0.3, 0.4) is 0 Å². The maximum absolute atomic E-state index is 13.7. The van der Waals surface area contributed by atoms with Crippen LogP contribution >= 0.6 is 11.6 Å². The topological polar surface area (TPSA) is 76.2 Å². The zero-order valence-corrected chi connectivity index (χ0v) is 20.2. The van der Waals surface area contributed by atoms with E-state index >= 15 is 0 Å². The van der Waals surface area contributed by atoms with Gasteiger partial charge in [-0.3, -0.25) is 14.4 Å². The van der Waals surface area contributed by atoms with Crippen molar-refractivity contribution in [3.05, 3.63) is 88.9 Å². The van der Waals surface area contributed by atoms with E-state index in [1.54, 1.807) is 66.7 Å². The second-order valence-corrected chi connectivity index (χ2v) is 8.38. The van der Waals surface area contributed by atoms with Crippen molar-refractivity contribution in [2.45, 2.75) is 25.9 Å². The molecular weight excluding hydrogens is 468 g/mol. The highest BCUT2D eigenvalue weighted by Gasteiger charge is 2.44. The fourth-order valence-corrected chi connectivity index (χ4v) is 4.24. The summed E-state index contributed by atoms with van der Waals surface area (Å²) in [7, 11) is 1.51. The van der Waals surface area contributed by atoms with E-state index in [1.807, 2.05) is 13.0 Å². The van der Waals surface area contributed by atoms with Crippen molar-refractivity contribution in [3.8, 4) is 11.5 Å². The van der Waals surface area contributed by atoms with E-state index in [9.17, 15) is 14.4 Å². The van der Waals surface area contributed by atoms with Crippen molar-refractivity contribution in [1.82, 2.24) is 4.90 Å². The third-order valence-electron chi connectivity index (χ3n) is 5.78. The number of ether oxygens (including phenoxy) is 2. The number of imide groups is 1. The molecule has 1 unspecified atom stereocenters. The molecule has 3 amide bonds. The van der Waals surface area contributed by atoms with Gasteiger partial charge in [0.05, 0.1) is 25.8 Å². The number of carbonyl (C=O) groups excluding carboxylic acids is 3. The van der Waals surface area contributed by atoms with Crippen molar-refractivity contribution >= 4 is 35.0 Å². The Kier molecular flexibility index (Phi) is 7.36. The van der Waals surface area contributed by atoms with Crippen LogP contribution in [0, 0.1) is 0 Å². The van der Waals surface area contributed by atoms with Crippen LogP contribution in [0.15, 0.2) is 72.8 Å². The summed E-state index contributed by atoms with van der Waals surface area (Å²) in [5, 5.41) is 0.469. The van der Waals surface area contributed by atoms with Gasteiger partial charge in [0.1, 0.15) is 17.5 Å². The summed E-state index contributed by atoms with van der Waals surface area (Å²) in [6.07, 6.45) is -0.133. The number of methoxy groups -OCH3 is 1. The standard InChI is InChI=1S/C27H25ClN2O5/c1-3-35-21-13-11-20(12-14-21)30-25(31)16-24(27(30)33)29(17-19-7-4-5-10-23(19)28)26(32)18-8-6-9-22(15-18)34-2/h4-15,24H,3,16-17H2,1-2H3. The Morgan fingerprint density at radius 3 is 2.46 bits per heavy atom. The van der Waals surface area contributed by atoms with Crippen LogP contribution in [-0.2, 0) is 16.1 Å². The van der Waals surface area contributed by atoms with Crippen molar-refractivity contribution in [2.75, 3.05) is 18.6 Å². The Morgan fingerprint density at radius 1 is 1.03 bits per heavy atom. The highest BCUT2D eigenvalue weighted by molar-refractivity contribution is 6.31. The summed E-state index contributed by atoms with van der Waals surface area (Å²) >= 11 is 6.37. The molecule has 1 atom stereocenters. The van der Waals surface area contributed by atoms with Crippen LogP contribution in [0.4, 0.5) is 5.69 Å². The number of anilines is 1. The van der Waals surface area contributed by atoms with Gasteiger partial charge in [0, 0.05) is 17.1 Å². The molecular formula is C27H25ClN2O5. The molecule has 0 radical (unpaired) electrons. The molecule has 0 N–H and O–H groups in total. The van der Waals surface area contributed by atoms with Crippen molar-refractivity contribution in [2.24, 2.45) is 0 Å². The largest absolute Gasteiger partial charge is 0.497 e. The predicted octanol–water partition coefficient (Wildman–Crippen LogP) is 4.72. The molecule has 0 bridgehead atoms. The summed E-state index contributed by atoms with van der Waals surface area (Å²) in [5.74, 6) is -0.100. The second-order valence-electron chi connectivity index (χ2n) is 7.97. The van der Waals surface area contributed by atoms with Gasteiger partial charge in [-0.25, -0.2) is 4.90 Å². The van der Waals surface area contributed by atoms with Gasteiger partial charge in [-0.1, -0.05) is 35.9 Å². The summed E-state index contributed by atoms with van der Waals surface area (Å²) in [6, 6.07) is 19.5. The monoisotopic (exact) mass is 492 g/mol. The average molecular weight is 493 g/mol. The van der Waals surface area contributed by atoms with Crippen LogP contribution in [0.25, 0.3) is 0 Å². The molecule has 35 heavy (non-hydrogen) atoms. The number of halogens is 1. The van der Waals surface area contributed by atoms with Crippen LogP contribution in [-0.4, -0.2) is 42.4 Å². The SMILES string of the molecule is CCOc1ccc(N2C(=O)CC(N(Cc3ccccc3Cl)C(=O)c3cccc(OC)c3)C2=O)cc1. The molecule has 0 aliphatic carbocycles. The molecule has 1 saturated heterocycles. The number of carbonyl (C=O) groups is 3. The molecule has 0 saturated carbocycles. The van der Waals surface area contributed by atoms with E-state index in [0.29, 0.717) is 39.9 Å². The highest BCUT2D eigenvalue weighted by atomic mass is 35.5. The Hall–Kier alpha value is -3.84. The second kappa shape index (κ2) is 10.6. The molecule has 0 aromatic heterocycles. The first-order chi connectivity index (χ1) is 16.9. The van der Waals surface area contributed by atoms with E-state index in [2.05, 4.69) is 0 Å². The van der Waals surface area contributed by atoms with E-state index in [-0.39, 0.29) is 18.9 Å². The van der Waals surface area contributed by atoms with E-state index in [0.717, 1.165) is 4.90 Å². The Balaban J connectivity index is 1.68. The third-order valence-corrected chi connectivity index (χ3v) is 6.15. The van der Waals surface area contributed by atoms with Gasteiger partial charge in [-0.15, -0.1) is 0 Å². The van der Waals surface area contributed by atoms with E-state index < -0.39 is 17.9 Å². The normalized spacial score (nSPS) is 15.3. The summed E-state index contributed by atoms with van der Waals surface area (Å²) in [4.78, 5) is 42.7. The van der Waals surface area contributed by atoms with Crippen LogP contribution < -0.4 is 14.4 Å². The molecule has 3 aromatic carbocycles. The summed E-state index contributed by atoms with van der Waals surface area (Å²) in [6.45, 7) is 2.45. The minimum Gasteiger partial charge on any atom is -0.497 e. The third kappa shape index (κ3) is 5.15. The quantitative estimate of drug-likeness (QED) is 0.425. The van der Waals surface area contributed by atoms with Crippen molar-refractivity contribution in [3.63, 3.8) is 0 Å². The molecule has 1 aliphatic rings. The highest BCUT2D eigenvalue weighted by Crippen LogP contribution is 2.30. The molecule has 7 nitrogen and oxygen atoms in total. The minimum atomic E-state index is -0.982. The molecule has 180 valence electrons. The first-order valence-corrected chi connectivity index (χ1v) is 11.6. The lowest BCUT2D eigenvalue weighted by atomic mass is 10.1. The lowest BCUT2D eigenvalue weighted by molar-refractivity contribution is -0.122. The number of amides is 3. The minimum absolute atomic E-state index is 0.0660. The van der Waals surface area contributed by atoms with Gasteiger partial charge in [-0.05, 0) is 61.0 Å². The molecule has 4 rings (SSSR count). The van der Waals surface area contributed by atoms with Gasteiger partial charge in [0.2, 0.25) is 5.91 Å². The Labute approximate surface area is 208 Å². The average Bonchev–Trinajstić information content (AvgIpc) is 3.17. The van der Waals surface area contributed by atoms with Crippen molar-refractivity contribution in [1.29, 1.82) is 0 Å². The van der Waals surface area contributed by atoms with Gasteiger partial charge >= 0.3 is 0 Å². The van der Waals surface area contributed by atoms with Crippen LogP contribution in [0.1, 0.15) is 29.3 Å². The number of nitrogens with zero attached hydrogens (tertiary/aromatic N) is 2. The molecule has 0 spiro atoms. The van der Waals surface area contributed by atoms with Gasteiger partial charge < -0.3 is 14.4 Å². The smallest absolute Gasteiger partial charge is 0.257 e. The zero-order chi connectivity index (χ0) is 24.9. The fraction of sp³-hybridized carbons (Fsp3) is 0.222. The first kappa shape index (κ1) is 24.3. The van der Waals surface area contributed by atoms with E-state index in [1.165, 1.54) is 12.0 Å². The fourth-order valence-electron chi connectivity index (χ4n) is 4.04. The van der Waals surface area contributed by atoms with Crippen LogP contribution in [0.2, 0.25) is 5.02 Å². The number of hydrogen-bond donors (Lipinski definition) is 0. The van der Waals surface area contributed by atoms with Gasteiger partial charge in [0.25, 0.3) is 11.8 Å². The maximum atomic E-state index is 13.7. The number of rotatable bonds is 8. The lowest BCUT2D eigenvalue weighted by Gasteiger charge is -2.28. The van der Waals surface area contributed by atoms with Crippen LogP contribution in [0.5, 0.6) is 11.5 Å². The molecule has 8 heteroatoms. The molecule has 3 aromatic rings. The molecule has 1 fully saturated rings. The molecule has 1 heterocycles. The summed E-state index contributed by atoms with van der Waals surface area (Å²) in [5.41, 5.74) is 1.44. The Morgan fingerprint density at radius 2 is 1.77 bits per heavy atom. The van der Waals surface area contributed by atoms with Gasteiger partial charge in [0.15, 0.2) is 0 Å². The predicted molar refractivity (Wildman–Crippen MR) is 133 cm³/mol. The Bertz CT molecular complexity index is 1240. The molecule has 1 aliphatic heterocycles. The first-order valence-electron chi connectivity index (χ1n) is 11.2. The summed E-state index contributed by atoms with van der Waals surface area (Å²) < 4.78 is 10.7. The number of hydrogen-bond acceptors (Lipinski definition) is 5. The number of benzene rings is 3. The maximum Gasteiger partial charge on any atom is 0.257 e. The zero-order valence-electron chi connectivity index (χ0n) is 19.4. The van der Waals surface area contributed by atoms with Gasteiger partial charge in [-0.2, -0.15) is 0 Å². The van der Waals surface area contributed by atoms with E-state index in [4.69, 9.17) is 21.1 Å². The lowest BCUT2D eigenvalue weighted by Crippen LogP contribution is -2.45.